The largest absolute Gasteiger partial charge is 0.489 e. The van der Waals surface area contributed by atoms with Gasteiger partial charge in [-0.15, -0.1) is 0 Å². The van der Waals surface area contributed by atoms with Crippen molar-refractivity contribution in [1.29, 1.82) is 0 Å². The van der Waals surface area contributed by atoms with Crippen LogP contribution in [0, 0.1) is 5.92 Å². The Labute approximate surface area is 109 Å². The van der Waals surface area contributed by atoms with Gasteiger partial charge in [0.1, 0.15) is 5.75 Å². The molecule has 4 nitrogen and oxygen atoms in total. The van der Waals surface area contributed by atoms with Crippen molar-refractivity contribution in [3.05, 3.63) is 18.2 Å². The van der Waals surface area contributed by atoms with Gasteiger partial charge in [-0.3, -0.25) is 0 Å². The first-order valence-corrected chi connectivity index (χ1v) is 6.38. The van der Waals surface area contributed by atoms with E-state index in [1.807, 2.05) is 32.0 Å². The maximum Gasteiger partial charge on any atom is 0.144 e. The van der Waals surface area contributed by atoms with E-state index in [0.29, 0.717) is 17.4 Å². The summed E-state index contributed by atoms with van der Waals surface area (Å²) >= 11 is 0. The molecule has 18 heavy (non-hydrogen) atoms. The highest BCUT2D eigenvalue weighted by atomic mass is 16.5. The Morgan fingerprint density at radius 3 is 2.44 bits per heavy atom. The molecule has 0 heterocycles. The molecule has 0 spiro atoms. The fourth-order valence-electron chi connectivity index (χ4n) is 1.65. The van der Waals surface area contributed by atoms with Gasteiger partial charge in [0.05, 0.1) is 30.1 Å². The smallest absolute Gasteiger partial charge is 0.144 e. The zero-order valence-corrected chi connectivity index (χ0v) is 11.6. The fraction of sp³-hybridized carbons (Fsp3) is 0.571. The van der Waals surface area contributed by atoms with Crippen LogP contribution in [0.15, 0.2) is 18.2 Å². The van der Waals surface area contributed by atoms with Gasteiger partial charge in [-0.25, -0.2) is 0 Å². The third-order valence-corrected chi connectivity index (χ3v) is 2.77. The maximum absolute atomic E-state index is 9.33. The summed E-state index contributed by atoms with van der Waals surface area (Å²) in [4.78, 5) is 0. The van der Waals surface area contributed by atoms with E-state index in [4.69, 9.17) is 10.5 Å². The summed E-state index contributed by atoms with van der Waals surface area (Å²) in [6.07, 6.45) is 0.0845. The number of para-hydroxylation sites is 1. The van der Waals surface area contributed by atoms with Crippen LogP contribution < -0.4 is 15.8 Å². The summed E-state index contributed by atoms with van der Waals surface area (Å²) in [6.45, 7) is 8.11. The van der Waals surface area contributed by atoms with E-state index in [1.54, 1.807) is 0 Å². The van der Waals surface area contributed by atoms with E-state index < -0.39 is 0 Å². The van der Waals surface area contributed by atoms with E-state index in [2.05, 4.69) is 19.2 Å². The van der Waals surface area contributed by atoms with E-state index in [-0.39, 0.29) is 18.8 Å². The number of nitrogens with two attached hydrogens (primary N) is 1. The molecule has 0 unspecified atom stereocenters. The molecular formula is C14H24N2O2. The second kappa shape index (κ2) is 6.50. The van der Waals surface area contributed by atoms with E-state index in [9.17, 15) is 5.11 Å². The molecule has 1 rings (SSSR count). The lowest BCUT2D eigenvalue weighted by molar-refractivity contribution is 0.243. The van der Waals surface area contributed by atoms with Gasteiger partial charge in [0.25, 0.3) is 0 Å². The molecule has 0 amide bonds. The van der Waals surface area contributed by atoms with Crippen LogP contribution in [-0.2, 0) is 0 Å². The van der Waals surface area contributed by atoms with Crippen molar-refractivity contribution in [3.63, 3.8) is 0 Å². The number of hydrogen-bond acceptors (Lipinski definition) is 4. The number of nitrogens with one attached hydrogen (secondary N) is 1. The Balaban J connectivity index is 2.89. The van der Waals surface area contributed by atoms with Crippen molar-refractivity contribution < 1.29 is 9.84 Å². The van der Waals surface area contributed by atoms with Crippen molar-refractivity contribution >= 4 is 11.4 Å². The van der Waals surface area contributed by atoms with Crippen molar-refractivity contribution in [2.24, 2.45) is 5.92 Å². The quantitative estimate of drug-likeness (QED) is 0.680. The number of ether oxygens (including phenoxy) is 1. The molecule has 0 fully saturated rings. The number of nitrogen functional groups attached to an aromatic ring is 1. The minimum Gasteiger partial charge on any atom is -0.489 e. The molecule has 0 aromatic heterocycles. The summed E-state index contributed by atoms with van der Waals surface area (Å²) in [6, 6.07) is 5.63. The molecule has 102 valence electrons. The van der Waals surface area contributed by atoms with E-state index >= 15 is 0 Å². The predicted octanol–water partition coefficient (Wildman–Crippen LogP) is 2.48. The minimum atomic E-state index is -0.0124. The summed E-state index contributed by atoms with van der Waals surface area (Å²) < 4.78 is 5.63. The predicted molar refractivity (Wildman–Crippen MR) is 76.0 cm³/mol. The highest BCUT2D eigenvalue weighted by Gasteiger charge is 2.14. The lowest BCUT2D eigenvalue weighted by Gasteiger charge is -2.23. The first kappa shape index (κ1) is 14.6. The summed E-state index contributed by atoms with van der Waals surface area (Å²) in [5.74, 6) is 1.000. The molecular weight excluding hydrogens is 228 g/mol. The summed E-state index contributed by atoms with van der Waals surface area (Å²) in [7, 11) is 0. The molecule has 4 N–H and O–H groups in total. The van der Waals surface area contributed by atoms with Gasteiger partial charge in [-0.2, -0.15) is 0 Å². The van der Waals surface area contributed by atoms with Crippen LogP contribution in [0.4, 0.5) is 11.4 Å². The molecule has 1 atom stereocenters. The van der Waals surface area contributed by atoms with Gasteiger partial charge in [0.15, 0.2) is 0 Å². The second-order valence-corrected chi connectivity index (χ2v) is 5.06. The number of aliphatic hydroxyl groups excluding tert-OH is 1. The maximum atomic E-state index is 9.33. The zero-order chi connectivity index (χ0) is 13.7. The van der Waals surface area contributed by atoms with Crippen LogP contribution in [0.1, 0.15) is 27.7 Å². The lowest BCUT2D eigenvalue weighted by atomic mass is 10.0. The van der Waals surface area contributed by atoms with Gasteiger partial charge in [0, 0.05) is 0 Å². The molecule has 0 saturated carbocycles. The first-order chi connectivity index (χ1) is 8.45. The van der Waals surface area contributed by atoms with Crippen LogP contribution in [0.3, 0.4) is 0 Å². The van der Waals surface area contributed by atoms with Gasteiger partial charge >= 0.3 is 0 Å². The average Bonchev–Trinajstić information content (AvgIpc) is 2.29. The molecule has 0 aliphatic carbocycles. The van der Waals surface area contributed by atoms with Gasteiger partial charge < -0.3 is 20.9 Å². The average molecular weight is 252 g/mol. The van der Waals surface area contributed by atoms with Crippen molar-refractivity contribution in [1.82, 2.24) is 0 Å². The van der Waals surface area contributed by atoms with Crippen LogP contribution >= 0.6 is 0 Å². The molecule has 1 aromatic rings. The van der Waals surface area contributed by atoms with Crippen molar-refractivity contribution in [2.45, 2.75) is 39.8 Å². The highest BCUT2D eigenvalue weighted by molar-refractivity contribution is 5.73. The first-order valence-electron chi connectivity index (χ1n) is 6.38. The van der Waals surface area contributed by atoms with E-state index in [1.165, 1.54) is 0 Å². The number of hydrogen-bond donors (Lipinski definition) is 3. The zero-order valence-electron chi connectivity index (χ0n) is 11.6. The normalized spacial score (nSPS) is 12.8. The van der Waals surface area contributed by atoms with Gasteiger partial charge in [-0.1, -0.05) is 19.9 Å². The Hall–Kier alpha value is -1.42. The summed E-state index contributed by atoms with van der Waals surface area (Å²) in [5.41, 5.74) is 7.46. The topological polar surface area (TPSA) is 67.5 Å². The molecule has 0 saturated heterocycles. The fourth-order valence-corrected chi connectivity index (χ4v) is 1.65. The van der Waals surface area contributed by atoms with Crippen molar-refractivity contribution in [3.8, 4) is 5.75 Å². The van der Waals surface area contributed by atoms with Gasteiger partial charge in [-0.05, 0) is 31.9 Å². The minimum absolute atomic E-state index is 0.0124. The Bertz CT molecular complexity index is 378. The Kier molecular flexibility index (Phi) is 5.28. The number of anilines is 2. The molecule has 0 aliphatic rings. The number of benzene rings is 1. The number of aliphatic hydroxyl groups is 1. The summed E-state index contributed by atoms with van der Waals surface area (Å²) in [5, 5.41) is 12.6. The third-order valence-electron chi connectivity index (χ3n) is 2.77. The number of rotatable bonds is 6. The standard InChI is InChI=1S/C14H24N2O2/c1-9(2)12(8-17)16-11-6-5-7-13(14(11)15)18-10(3)4/h5-7,9-10,12,16-17H,8,15H2,1-4H3/t12-/m1/s1. The molecule has 0 aliphatic heterocycles. The van der Waals surface area contributed by atoms with Gasteiger partial charge in [0.2, 0.25) is 0 Å². The molecule has 4 heteroatoms. The van der Waals surface area contributed by atoms with Crippen LogP contribution in [0.25, 0.3) is 0 Å². The Morgan fingerprint density at radius 2 is 1.94 bits per heavy atom. The third kappa shape index (κ3) is 3.81. The SMILES string of the molecule is CC(C)Oc1cccc(N[C@H](CO)C(C)C)c1N. The van der Waals surface area contributed by atoms with Crippen LogP contribution in [-0.4, -0.2) is 23.9 Å². The monoisotopic (exact) mass is 252 g/mol. The molecule has 0 bridgehead atoms. The Morgan fingerprint density at radius 1 is 1.28 bits per heavy atom. The second-order valence-electron chi connectivity index (χ2n) is 5.06. The lowest BCUT2D eigenvalue weighted by Crippen LogP contribution is -2.29. The van der Waals surface area contributed by atoms with Crippen LogP contribution in [0.2, 0.25) is 0 Å². The molecule has 1 aromatic carbocycles. The van der Waals surface area contributed by atoms with E-state index in [0.717, 1.165) is 5.69 Å². The van der Waals surface area contributed by atoms with Crippen LogP contribution in [0.5, 0.6) is 5.75 Å². The molecule has 0 radical (unpaired) electrons. The highest BCUT2D eigenvalue weighted by Crippen LogP contribution is 2.31. The van der Waals surface area contributed by atoms with Crippen molar-refractivity contribution in [2.75, 3.05) is 17.7 Å².